The van der Waals surface area contributed by atoms with Crippen LogP contribution in [0, 0.1) is 0 Å². The van der Waals surface area contributed by atoms with Crippen LogP contribution in [0.4, 0.5) is 0 Å². The Labute approximate surface area is 105 Å². The maximum absolute atomic E-state index is 12.0. The maximum atomic E-state index is 12.0. The van der Waals surface area contributed by atoms with E-state index in [1.54, 1.807) is 0 Å². The molecule has 0 bridgehead atoms. The maximum Gasteiger partial charge on any atom is 0.239 e. The molecule has 1 saturated heterocycles. The van der Waals surface area contributed by atoms with Crippen molar-refractivity contribution in [1.29, 1.82) is 0 Å². The molecule has 0 aromatic heterocycles. The lowest BCUT2D eigenvalue weighted by Crippen LogP contribution is -2.47. The van der Waals surface area contributed by atoms with Crippen LogP contribution >= 0.6 is 0 Å². The van der Waals surface area contributed by atoms with Crippen molar-refractivity contribution in [1.82, 2.24) is 10.2 Å². The number of rotatable bonds is 6. The number of carbonyl (C=O) groups is 1. The molecular formula is C13H26N2O2. The SMILES string of the molecule is CC(C)OCCNC(C)C(=O)N1CCCCC1. The summed E-state index contributed by atoms with van der Waals surface area (Å²) in [4.78, 5) is 14.0. The van der Waals surface area contributed by atoms with Crippen molar-refractivity contribution in [2.24, 2.45) is 0 Å². The van der Waals surface area contributed by atoms with E-state index in [2.05, 4.69) is 5.32 Å². The largest absolute Gasteiger partial charge is 0.377 e. The van der Waals surface area contributed by atoms with Crippen molar-refractivity contribution in [3.8, 4) is 0 Å². The third-order valence-electron chi connectivity index (χ3n) is 3.04. The zero-order chi connectivity index (χ0) is 12.7. The lowest BCUT2D eigenvalue weighted by molar-refractivity contribution is -0.134. The normalized spacial score (nSPS) is 18.5. The van der Waals surface area contributed by atoms with Crippen LogP contribution in [-0.2, 0) is 9.53 Å². The summed E-state index contributed by atoms with van der Waals surface area (Å²) in [6.07, 6.45) is 3.81. The van der Waals surface area contributed by atoms with E-state index in [1.165, 1.54) is 6.42 Å². The van der Waals surface area contributed by atoms with Gasteiger partial charge in [-0.2, -0.15) is 0 Å². The summed E-state index contributed by atoms with van der Waals surface area (Å²) < 4.78 is 5.43. The molecule has 1 heterocycles. The summed E-state index contributed by atoms with van der Waals surface area (Å²) >= 11 is 0. The van der Waals surface area contributed by atoms with Gasteiger partial charge in [0.15, 0.2) is 0 Å². The summed E-state index contributed by atoms with van der Waals surface area (Å²) in [5, 5.41) is 3.22. The van der Waals surface area contributed by atoms with Gasteiger partial charge in [0, 0.05) is 19.6 Å². The fourth-order valence-corrected chi connectivity index (χ4v) is 2.05. The minimum Gasteiger partial charge on any atom is -0.377 e. The molecule has 4 nitrogen and oxygen atoms in total. The van der Waals surface area contributed by atoms with Gasteiger partial charge in [0.2, 0.25) is 5.91 Å². The number of nitrogens with zero attached hydrogens (tertiary/aromatic N) is 1. The van der Waals surface area contributed by atoms with E-state index in [9.17, 15) is 4.79 Å². The number of ether oxygens (including phenoxy) is 1. The fourth-order valence-electron chi connectivity index (χ4n) is 2.05. The summed E-state index contributed by atoms with van der Waals surface area (Å²) in [5.74, 6) is 0.231. The van der Waals surface area contributed by atoms with E-state index >= 15 is 0 Å². The highest BCUT2D eigenvalue weighted by molar-refractivity contribution is 5.81. The quantitative estimate of drug-likeness (QED) is 0.716. The molecule has 0 spiro atoms. The number of hydrogen-bond acceptors (Lipinski definition) is 3. The first kappa shape index (κ1) is 14.5. The Kier molecular flexibility index (Phi) is 6.52. The molecule has 0 radical (unpaired) electrons. The zero-order valence-electron chi connectivity index (χ0n) is 11.4. The predicted molar refractivity (Wildman–Crippen MR) is 69.0 cm³/mol. The van der Waals surface area contributed by atoms with E-state index in [0.29, 0.717) is 6.61 Å². The molecule has 0 aliphatic carbocycles. The van der Waals surface area contributed by atoms with Crippen molar-refractivity contribution in [2.75, 3.05) is 26.2 Å². The van der Waals surface area contributed by atoms with E-state index in [4.69, 9.17) is 4.74 Å². The van der Waals surface area contributed by atoms with Gasteiger partial charge in [0.25, 0.3) is 0 Å². The van der Waals surface area contributed by atoms with Crippen LogP contribution in [0.15, 0.2) is 0 Å². The van der Waals surface area contributed by atoms with Crippen LogP contribution in [0.3, 0.4) is 0 Å². The van der Waals surface area contributed by atoms with E-state index in [1.807, 2.05) is 25.7 Å². The van der Waals surface area contributed by atoms with Crippen LogP contribution < -0.4 is 5.32 Å². The minimum absolute atomic E-state index is 0.0936. The molecule has 0 saturated carbocycles. The Hall–Kier alpha value is -0.610. The fraction of sp³-hybridized carbons (Fsp3) is 0.923. The van der Waals surface area contributed by atoms with Gasteiger partial charge in [0.1, 0.15) is 0 Å². The Morgan fingerprint density at radius 2 is 1.88 bits per heavy atom. The molecule has 1 amide bonds. The number of piperidine rings is 1. The molecule has 1 aliphatic rings. The Morgan fingerprint density at radius 1 is 1.24 bits per heavy atom. The second-order valence-corrected chi connectivity index (χ2v) is 4.98. The molecule has 1 N–H and O–H groups in total. The Morgan fingerprint density at radius 3 is 2.47 bits per heavy atom. The summed E-state index contributed by atoms with van der Waals surface area (Å²) in [7, 11) is 0. The molecule has 1 atom stereocenters. The molecule has 17 heavy (non-hydrogen) atoms. The molecule has 4 heteroatoms. The number of amides is 1. The van der Waals surface area contributed by atoms with Crippen LogP contribution in [-0.4, -0.2) is 49.2 Å². The van der Waals surface area contributed by atoms with Gasteiger partial charge < -0.3 is 15.0 Å². The molecule has 1 fully saturated rings. The van der Waals surface area contributed by atoms with Gasteiger partial charge in [-0.3, -0.25) is 4.79 Å². The molecule has 1 unspecified atom stereocenters. The topological polar surface area (TPSA) is 41.6 Å². The predicted octanol–water partition coefficient (Wildman–Crippen LogP) is 1.40. The third-order valence-corrected chi connectivity index (χ3v) is 3.04. The first-order valence-electron chi connectivity index (χ1n) is 6.75. The molecule has 0 aromatic carbocycles. The number of carbonyl (C=O) groups excluding carboxylic acids is 1. The zero-order valence-corrected chi connectivity index (χ0v) is 11.4. The van der Waals surface area contributed by atoms with E-state index in [-0.39, 0.29) is 18.1 Å². The van der Waals surface area contributed by atoms with Crippen LogP contribution in [0.25, 0.3) is 0 Å². The highest BCUT2D eigenvalue weighted by Crippen LogP contribution is 2.09. The third kappa shape index (κ3) is 5.50. The summed E-state index contributed by atoms with van der Waals surface area (Å²) in [5.41, 5.74) is 0. The number of hydrogen-bond donors (Lipinski definition) is 1. The van der Waals surface area contributed by atoms with E-state index < -0.39 is 0 Å². The minimum atomic E-state index is -0.0936. The monoisotopic (exact) mass is 242 g/mol. The van der Waals surface area contributed by atoms with Gasteiger partial charge in [-0.15, -0.1) is 0 Å². The molecule has 100 valence electrons. The Balaban J connectivity index is 2.17. The van der Waals surface area contributed by atoms with Crippen molar-refractivity contribution in [3.05, 3.63) is 0 Å². The number of nitrogens with one attached hydrogen (secondary N) is 1. The molecule has 1 rings (SSSR count). The lowest BCUT2D eigenvalue weighted by atomic mass is 10.1. The van der Waals surface area contributed by atoms with Crippen molar-refractivity contribution in [2.45, 2.75) is 52.2 Å². The lowest BCUT2D eigenvalue weighted by Gasteiger charge is -2.29. The molecule has 0 aromatic rings. The summed E-state index contributed by atoms with van der Waals surface area (Å²) in [6.45, 7) is 9.21. The first-order chi connectivity index (χ1) is 8.11. The van der Waals surface area contributed by atoms with Gasteiger partial charge in [-0.1, -0.05) is 0 Å². The standard InChI is InChI=1S/C13H26N2O2/c1-11(2)17-10-7-14-12(3)13(16)15-8-5-4-6-9-15/h11-12,14H,4-10H2,1-3H3. The second kappa shape index (κ2) is 7.67. The number of likely N-dealkylation sites (tertiary alicyclic amines) is 1. The highest BCUT2D eigenvalue weighted by Gasteiger charge is 2.21. The smallest absolute Gasteiger partial charge is 0.239 e. The van der Waals surface area contributed by atoms with Gasteiger partial charge in [-0.25, -0.2) is 0 Å². The van der Waals surface area contributed by atoms with Crippen molar-refractivity contribution >= 4 is 5.91 Å². The average Bonchev–Trinajstić information content (AvgIpc) is 2.34. The first-order valence-corrected chi connectivity index (χ1v) is 6.75. The van der Waals surface area contributed by atoms with Crippen LogP contribution in [0.5, 0.6) is 0 Å². The van der Waals surface area contributed by atoms with Crippen molar-refractivity contribution < 1.29 is 9.53 Å². The van der Waals surface area contributed by atoms with Crippen LogP contribution in [0.2, 0.25) is 0 Å². The summed E-state index contributed by atoms with van der Waals surface area (Å²) in [6, 6.07) is -0.0936. The molecular weight excluding hydrogens is 216 g/mol. The highest BCUT2D eigenvalue weighted by atomic mass is 16.5. The van der Waals surface area contributed by atoms with Crippen molar-refractivity contribution in [3.63, 3.8) is 0 Å². The second-order valence-electron chi connectivity index (χ2n) is 4.98. The van der Waals surface area contributed by atoms with Gasteiger partial charge in [0.05, 0.1) is 18.8 Å². The van der Waals surface area contributed by atoms with Crippen LogP contribution in [0.1, 0.15) is 40.0 Å². The average molecular weight is 242 g/mol. The van der Waals surface area contributed by atoms with E-state index in [0.717, 1.165) is 32.5 Å². The molecule has 1 aliphatic heterocycles. The van der Waals surface area contributed by atoms with Gasteiger partial charge in [-0.05, 0) is 40.0 Å². The Bertz CT molecular complexity index is 225. The van der Waals surface area contributed by atoms with Gasteiger partial charge >= 0.3 is 0 Å².